The summed E-state index contributed by atoms with van der Waals surface area (Å²) in [5.74, 6) is 0.530. The zero-order valence-corrected chi connectivity index (χ0v) is 16.9. The summed E-state index contributed by atoms with van der Waals surface area (Å²) < 4.78 is 3.06. The number of aromatic nitrogens is 3. The van der Waals surface area contributed by atoms with Crippen molar-refractivity contribution in [1.29, 1.82) is 0 Å². The van der Waals surface area contributed by atoms with Crippen LogP contribution in [0, 0.1) is 0 Å². The van der Waals surface area contributed by atoms with Crippen LogP contribution in [0.3, 0.4) is 0 Å². The first kappa shape index (κ1) is 18.1. The predicted octanol–water partition coefficient (Wildman–Crippen LogP) is 2.80. The highest BCUT2D eigenvalue weighted by Crippen LogP contribution is 2.38. The van der Waals surface area contributed by atoms with E-state index in [1.54, 1.807) is 17.7 Å². The van der Waals surface area contributed by atoms with Crippen molar-refractivity contribution in [2.45, 2.75) is 25.4 Å². The van der Waals surface area contributed by atoms with Crippen molar-refractivity contribution >= 4 is 44.3 Å². The summed E-state index contributed by atoms with van der Waals surface area (Å²) >= 11 is 1.68. The van der Waals surface area contributed by atoms with Crippen LogP contribution in [0.1, 0.15) is 18.4 Å². The number of nitrogens with two attached hydrogens (primary N) is 1. The van der Waals surface area contributed by atoms with Gasteiger partial charge in [-0.15, -0.1) is 11.3 Å². The van der Waals surface area contributed by atoms with E-state index >= 15 is 0 Å². The number of hydrogen-bond acceptors (Lipinski definition) is 6. The maximum absolute atomic E-state index is 12.3. The zero-order valence-electron chi connectivity index (χ0n) is 16.1. The lowest BCUT2D eigenvalue weighted by molar-refractivity contribution is -0.122. The van der Waals surface area contributed by atoms with Gasteiger partial charge in [0.15, 0.2) is 5.82 Å². The molecule has 0 spiro atoms. The molecule has 0 saturated carbocycles. The van der Waals surface area contributed by atoms with E-state index in [2.05, 4.69) is 38.8 Å². The first-order valence-corrected chi connectivity index (χ1v) is 10.5. The molecule has 1 fully saturated rings. The second kappa shape index (κ2) is 7.13. The number of nitrogen functional groups attached to an aromatic ring is 1. The Balaban J connectivity index is 1.44. The van der Waals surface area contributed by atoms with Crippen molar-refractivity contribution in [3.8, 4) is 10.4 Å². The third kappa shape index (κ3) is 3.24. The van der Waals surface area contributed by atoms with Gasteiger partial charge >= 0.3 is 0 Å². The van der Waals surface area contributed by atoms with Crippen LogP contribution >= 0.6 is 11.3 Å². The minimum atomic E-state index is -0.0568. The van der Waals surface area contributed by atoms with Crippen molar-refractivity contribution in [3.05, 3.63) is 42.2 Å². The maximum Gasteiger partial charge on any atom is 0.237 e. The minimum absolute atomic E-state index is 0.0568. The second-order valence-corrected chi connectivity index (χ2v) is 8.49. The van der Waals surface area contributed by atoms with Crippen LogP contribution in [0.2, 0.25) is 0 Å². The van der Waals surface area contributed by atoms with Crippen molar-refractivity contribution in [1.82, 2.24) is 25.2 Å². The third-order valence-corrected chi connectivity index (χ3v) is 6.58. The van der Waals surface area contributed by atoms with Gasteiger partial charge in [0.25, 0.3) is 0 Å². The van der Waals surface area contributed by atoms with E-state index in [4.69, 9.17) is 5.73 Å². The van der Waals surface area contributed by atoms with Crippen LogP contribution in [-0.4, -0.2) is 33.0 Å². The fourth-order valence-corrected chi connectivity index (χ4v) is 5.08. The number of hydrogen-bond donors (Lipinski definition) is 3. The Hall–Kier alpha value is -2.97. The smallest absolute Gasteiger partial charge is 0.237 e. The highest BCUT2D eigenvalue weighted by Gasteiger charge is 2.21. The first-order valence-electron chi connectivity index (χ1n) is 9.70. The van der Waals surface area contributed by atoms with Crippen molar-refractivity contribution in [3.63, 3.8) is 0 Å². The van der Waals surface area contributed by atoms with E-state index in [1.165, 1.54) is 0 Å². The molecule has 0 aliphatic carbocycles. The van der Waals surface area contributed by atoms with Gasteiger partial charge in [0.05, 0.1) is 28.1 Å². The summed E-state index contributed by atoms with van der Waals surface area (Å²) in [6.07, 6.45) is 3.73. The Morgan fingerprint density at radius 3 is 3.14 bits per heavy atom. The van der Waals surface area contributed by atoms with Gasteiger partial charge in [-0.05, 0) is 42.6 Å². The molecule has 1 atom stereocenters. The largest absolute Gasteiger partial charge is 0.382 e. The predicted molar refractivity (Wildman–Crippen MR) is 117 cm³/mol. The summed E-state index contributed by atoms with van der Waals surface area (Å²) in [6.45, 7) is 1.44. The van der Waals surface area contributed by atoms with E-state index in [9.17, 15) is 4.79 Å². The molecule has 1 saturated heterocycles. The molecule has 0 unspecified atom stereocenters. The molecule has 4 aromatic rings. The van der Waals surface area contributed by atoms with Gasteiger partial charge in [0.1, 0.15) is 5.52 Å². The summed E-state index contributed by atoms with van der Waals surface area (Å²) in [5, 5.41) is 6.27. The molecule has 29 heavy (non-hydrogen) atoms. The lowest BCUT2D eigenvalue weighted by Gasteiger charge is -2.11. The Morgan fingerprint density at radius 2 is 2.31 bits per heavy atom. The van der Waals surface area contributed by atoms with Crippen molar-refractivity contribution in [2.75, 3.05) is 12.3 Å². The van der Waals surface area contributed by atoms with Gasteiger partial charge in [0, 0.05) is 18.5 Å². The number of imidazole rings is 1. The van der Waals surface area contributed by atoms with E-state index in [1.807, 2.05) is 23.7 Å². The van der Waals surface area contributed by atoms with Crippen LogP contribution in [0.25, 0.3) is 31.7 Å². The highest BCUT2D eigenvalue weighted by molar-refractivity contribution is 7.23. The Morgan fingerprint density at radius 1 is 1.41 bits per heavy atom. The Kier molecular flexibility index (Phi) is 4.44. The van der Waals surface area contributed by atoms with Gasteiger partial charge in [0.2, 0.25) is 5.91 Å². The number of carbonyl (C=O) groups excluding carboxylic acids is 1. The SMILES string of the molecule is Cn1cnc2c(N)nc3cc(-c4cccc(CNC(=O)[C@@H]5CCCN5)c4)sc3c21. The van der Waals surface area contributed by atoms with Crippen LogP contribution in [0.4, 0.5) is 5.82 Å². The number of nitrogens with zero attached hydrogens (tertiary/aromatic N) is 3. The number of pyridine rings is 1. The number of aryl methyl sites for hydroxylation is 1. The van der Waals surface area contributed by atoms with Crippen LogP contribution < -0.4 is 16.4 Å². The molecule has 3 aromatic heterocycles. The van der Waals surface area contributed by atoms with Crippen LogP contribution in [-0.2, 0) is 18.4 Å². The fourth-order valence-electron chi connectivity index (χ4n) is 3.90. The molecule has 4 heterocycles. The number of thiophene rings is 1. The summed E-state index contributed by atoms with van der Waals surface area (Å²) in [6, 6.07) is 10.3. The number of fused-ring (bicyclic) bond motifs is 3. The van der Waals surface area contributed by atoms with E-state index in [0.29, 0.717) is 12.4 Å². The molecular formula is C21H22N6OS. The highest BCUT2D eigenvalue weighted by atomic mass is 32.1. The quantitative estimate of drug-likeness (QED) is 0.484. The molecule has 1 aliphatic heterocycles. The number of benzene rings is 1. The van der Waals surface area contributed by atoms with E-state index in [-0.39, 0.29) is 11.9 Å². The number of carbonyl (C=O) groups is 1. The van der Waals surface area contributed by atoms with E-state index < -0.39 is 0 Å². The van der Waals surface area contributed by atoms with Crippen molar-refractivity contribution in [2.24, 2.45) is 7.05 Å². The topological polar surface area (TPSA) is 97.9 Å². The van der Waals surface area contributed by atoms with Gasteiger partial charge in [-0.1, -0.05) is 18.2 Å². The molecule has 1 aromatic carbocycles. The lowest BCUT2D eigenvalue weighted by atomic mass is 10.1. The fraction of sp³-hybridized carbons (Fsp3) is 0.286. The summed E-state index contributed by atoms with van der Waals surface area (Å²) in [4.78, 5) is 22.3. The first-order chi connectivity index (χ1) is 14.1. The number of rotatable bonds is 4. The average Bonchev–Trinajstić information content (AvgIpc) is 3.46. The molecule has 1 aliphatic rings. The van der Waals surface area contributed by atoms with Crippen LogP contribution in [0.15, 0.2) is 36.7 Å². The lowest BCUT2D eigenvalue weighted by Crippen LogP contribution is -2.39. The minimum Gasteiger partial charge on any atom is -0.382 e. The normalized spacial score (nSPS) is 16.7. The average molecular weight is 407 g/mol. The van der Waals surface area contributed by atoms with Gasteiger partial charge in [-0.2, -0.15) is 0 Å². The molecule has 7 nitrogen and oxygen atoms in total. The molecule has 5 rings (SSSR count). The number of amides is 1. The monoisotopic (exact) mass is 406 g/mol. The maximum atomic E-state index is 12.3. The molecule has 0 bridgehead atoms. The summed E-state index contributed by atoms with van der Waals surface area (Å²) in [5.41, 5.74) is 10.9. The second-order valence-electron chi connectivity index (χ2n) is 7.44. The Labute approximate surface area is 172 Å². The Bertz CT molecular complexity index is 1220. The van der Waals surface area contributed by atoms with E-state index in [0.717, 1.165) is 56.6 Å². The molecule has 8 heteroatoms. The van der Waals surface area contributed by atoms with Crippen molar-refractivity contribution < 1.29 is 4.79 Å². The standard InChI is InChI=1S/C21H22N6OS/c1-27-11-25-17-18(27)19-15(26-20(17)22)9-16(29-19)13-5-2-4-12(8-13)10-24-21(28)14-6-3-7-23-14/h2,4-5,8-9,11,14,23H,3,6-7,10H2,1H3,(H2,22,26)(H,24,28)/t14-/m0/s1. The molecular weight excluding hydrogens is 384 g/mol. The molecule has 1 amide bonds. The molecule has 0 radical (unpaired) electrons. The third-order valence-electron chi connectivity index (χ3n) is 5.40. The number of anilines is 1. The molecule has 148 valence electrons. The van der Waals surface area contributed by atoms with Gasteiger partial charge in [-0.3, -0.25) is 4.79 Å². The van der Waals surface area contributed by atoms with Gasteiger partial charge in [-0.25, -0.2) is 9.97 Å². The number of nitrogens with one attached hydrogen (secondary N) is 2. The van der Waals surface area contributed by atoms with Gasteiger partial charge < -0.3 is 20.9 Å². The molecule has 4 N–H and O–H groups in total. The van der Waals surface area contributed by atoms with Crippen LogP contribution in [0.5, 0.6) is 0 Å². The summed E-state index contributed by atoms with van der Waals surface area (Å²) in [7, 11) is 1.97. The zero-order chi connectivity index (χ0) is 20.0.